The molecular weight excluding hydrogens is 1650 g/mol. The Bertz CT molecular complexity index is 3160. The van der Waals surface area contributed by atoms with E-state index in [0.29, 0.717) is 260 Å². The van der Waals surface area contributed by atoms with Crippen LogP contribution >= 0.6 is 0 Å². The number of benzene rings is 2. The third-order valence-corrected chi connectivity index (χ3v) is 18.3. The number of methoxy groups -OCH3 is 2. The molecule has 0 aromatic heterocycles. The van der Waals surface area contributed by atoms with Crippen molar-refractivity contribution in [1.29, 1.82) is 0 Å². The van der Waals surface area contributed by atoms with Gasteiger partial charge in [0.25, 0.3) is 0 Å². The predicted molar refractivity (Wildman–Crippen MR) is 445 cm³/mol. The Kier molecular flexibility index (Phi) is 64.9. The number of ketones is 2. The maximum Gasteiger partial charge on any atom is 0.335 e. The van der Waals surface area contributed by atoms with E-state index in [1.54, 1.807) is 58.4 Å². The smallest absolute Gasteiger partial charge is 0.335 e. The third-order valence-electron chi connectivity index (χ3n) is 18.3. The number of ether oxygens (including phenoxy) is 26. The number of aliphatic hydroxyl groups excluding tert-OH is 3. The van der Waals surface area contributed by atoms with E-state index in [4.69, 9.17) is 123 Å². The second kappa shape index (κ2) is 73.2. The summed E-state index contributed by atoms with van der Waals surface area (Å²) >= 11 is 0. The third kappa shape index (κ3) is 52.6. The quantitative estimate of drug-likeness (QED) is 0.0273. The minimum absolute atomic E-state index is 0.0404. The van der Waals surface area contributed by atoms with Crippen LogP contribution in [0.1, 0.15) is 50.8 Å². The molecule has 8 atom stereocenters. The van der Waals surface area contributed by atoms with Gasteiger partial charge in [-0.25, -0.2) is 4.79 Å². The SMILES string of the molecule is COCCOCCOCCOCCOCCOCCOCCOCCOCCOCCOCCOc1ccc(C[C@@H](C(=O)N[C@H](C(=O)N[C@@H](C)C(=O)Nc2ccc(COC(C)=O)c(CC[C@@H]3O[C@H](C(=O)O)[C@@H](O)[C@H](O)[C@H]3O)c2)C(C)C)C2C(=O)C=CC2=O)cc1OCCOCCOCCOCCOCCOCCOCCOCCOCCOCCOCCOC. The van der Waals surface area contributed by atoms with E-state index in [2.05, 4.69) is 16.0 Å². The van der Waals surface area contributed by atoms with E-state index in [9.17, 15) is 54.0 Å². The maximum atomic E-state index is 14.7. The Morgan fingerprint density at radius 1 is 0.400 bits per heavy atom. The molecule has 716 valence electrons. The van der Waals surface area contributed by atoms with Crippen LogP contribution < -0.4 is 25.4 Å². The number of hydrogen-bond acceptors (Lipinski definition) is 36. The van der Waals surface area contributed by atoms with Crippen LogP contribution in [0, 0.1) is 17.8 Å². The molecule has 40 nitrogen and oxygen atoms in total. The fraction of sp³-hybridized carbons (Fsp3) is 0.753. The van der Waals surface area contributed by atoms with E-state index < -0.39 is 102 Å². The number of hydrogen-bond donors (Lipinski definition) is 7. The Morgan fingerprint density at radius 2 is 0.752 bits per heavy atom. The number of allylic oxidation sites excluding steroid dienone is 2. The molecular formula is C85H139N3O37. The van der Waals surface area contributed by atoms with Gasteiger partial charge in [0.2, 0.25) is 17.7 Å². The summed E-state index contributed by atoms with van der Waals surface area (Å²) in [5, 5.41) is 49.0. The highest BCUT2D eigenvalue weighted by molar-refractivity contribution is 6.20. The standard InChI is InChI=1S/C85H139N3O37/c1-63(2)77(84(97)86-64(3)82(95)87-69-10-8-68(62-124-65(4)89)67(61-69)9-14-74-78(92)79(93)80(94)81(125-74)85(98)99)88-83(96)70(76-71(90)11-12-72(76)91)59-66-7-13-73(122-57-55-120-53-51-118-49-47-116-45-43-114-41-39-112-37-35-110-33-31-108-29-27-106-25-23-104-21-19-102-17-15-100-5)75(60-66)123-58-56-121-54-52-119-50-48-117-46-44-115-42-40-113-38-36-111-34-32-109-30-28-107-26-24-105-22-20-103-18-16-101-6/h7-8,10-13,60-61,63-64,70,74,76-81,92-94H,9,14-59,62H2,1-6H3,(H,86,97)(H,87,95)(H,88,96)(H,98,99)/t64-,70+,74-,77-,78-,79+,80-,81-/m0/s1. The second-order valence-corrected chi connectivity index (χ2v) is 28.3. The summed E-state index contributed by atoms with van der Waals surface area (Å²) in [4.78, 5) is 93.2. The maximum absolute atomic E-state index is 14.7. The number of esters is 1. The predicted octanol–water partition coefficient (Wildman–Crippen LogP) is 0.766. The van der Waals surface area contributed by atoms with Crippen molar-refractivity contribution >= 4 is 46.9 Å². The minimum atomic E-state index is -1.89. The number of anilines is 1. The van der Waals surface area contributed by atoms with Gasteiger partial charge in [0, 0.05) is 26.8 Å². The van der Waals surface area contributed by atoms with Gasteiger partial charge in [-0.15, -0.1) is 0 Å². The summed E-state index contributed by atoms with van der Waals surface area (Å²) in [6, 6.07) is 7.02. The fourth-order valence-corrected chi connectivity index (χ4v) is 11.7. The van der Waals surface area contributed by atoms with Gasteiger partial charge in [0.15, 0.2) is 29.2 Å². The summed E-state index contributed by atoms with van der Waals surface area (Å²) in [5.41, 5.74) is 1.64. The monoisotopic (exact) mass is 1790 g/mol. The van der Waals surface area contributed by atoms with E-state index in [1.165, 1.54) is 19.9 Å². The lowest BCUT2D eigenvalue weighted by Gasteiger charge is -2.39. The zero-order chi connectivity index (χ0) is 90.4. The van der Waals surface area contributed by atoms with Gasteiger partial charge in [0.05, 0.1) is 295 Å². The van der Waals surface area contributed by atoms with Crippen LogP contribution in [0.2, 0.25) is 0 Å². The molecule has 2 aromatic carbocycles. The van der Waals surface area contributed by atoms with E-state index in [-0.39, 0.29) is 90.2 Å². The van der Waals surface area contributed by atoms with Gasteiger partial charge in [-0.05, 0) is 85.2 Å². The largest absolute Gasteiger partial charge is 0.487 e. The lowest BCUT2D eigenvalue weighted by molar-refractivity contribution is -0.228. The van der Waals surface area contributed by atoms with Crippen molar-refractivity contribution in [3.8, 4) is 11.5 Å². The molecule has 40 heteroatoms. The highest BCUT2D eigenvalue weighted by atomic mass is 16.6. The first-order valence-electron chi connectivity index (χ1n) is 42.6. The van der Waals surface area contributed by atoms with E-state index in [1.807, 2.05) is 0 Å². The molecule has 2 aromatic rings. The molecule has 4 rings (SSSR count). The van der Waals surface area contributed by atoms with Crippen molar-refractivity contribution < 1.29 is 177 Å². The molecule has 2 aliphatic rings. The average Bonchev–Trinajstić information content (AvgIpc) is 1.79. The zero-order valence-corrected chi connectivity index (χ0v) is 73.6. The number of carboxylic acids is 1. The Morgan fingerprint density at radius 3 is 1.10 bits per heavy atom. The Labute approximate surface area is 732 Å². The number of amides is 3. The zero-order valence-electron chi connectivity index (χ0n) is 73.6. The highest BCUT2D eigenvalue weighted by Gasteiger charge is 2.47. The van der Waals surface area contributed by atoms with Gasteiger partial charge in [-0.2, -0.15) is 0 Å². The van der Waals surface area contributed by atoms with E-state index in [0.717, 1.165) is 12.2 Å². The molecule has 3 amide bonds. The number of carboxylic acid groups (broad SMARTS) is 1. The van der Waals surface area contributed by atoms with Gasteiger partial charge in [0.1, 0.15) is 50.2 Å². The van der Waals surface area contributed by atoms with Crippen LogP contribution in [0.3, 0.4) is 0 Å². The van der Waals surface area contributed by atoms with Crippen molar-refractivity contribution in [2.24, 2.45) is 17.8 Å². The number of carbonyl (C=O) groups excluding carboxylic acids is 6. The molecule has 7 N–H and O–H groups in total. The second-order valence-electron chi connectivity index (χ2n) is 28.3. The Hall–Kier alpha value is -6.57. The molecule has 1 fully saturated rings. The van der Waals surface area contributed by atoms with Gasteiger partial charge >= 0.3 is 11.9 Å². The first kappa shape index (κ1) is 111. The highest BCUT2D eigenvalue weighted by Crippen LogP contribution is 2.33. The molecule has 0 unspecified atom stereocenters. The minimum Gasteiger partial charge on any atom is -0.487 e. The molecule has 1 heterocycles. The van der Waals surface area contributed by atoms with Crippen LogP contribution in [0.4, 0.5) is 5.69 Å². The number of rotatable bonds is 84. The van der Waals surface area contributed by atoms with Gasteiger partial charge < -0.3 is 160 Å². The number of nitrogens with one attached hydrogen (secondary N) is 3. The lowest BCUT2D eigenvalue weighted by atomic mass is 9.82. The molecule has 0 bridgehead atoms. The number of carbonyl (C=O) groups is 7. The molecule has 0 saturated carbocycles. The van der Waals surface area contributed by atoms with Gasteiger partial charge in [-0.3, -0.25) is 28.8 Å². The molecule has 0 radical (unpaired) electrons. The summed E-state index contributed by atoms with van der Waals surface area (Å²) < 4.78 is 144. The van der Waals surface area contributed by atoms with Gasteiger partial charge in [-0.1, -0.05) is 26.0 Å². The fourth-order valence-electron chi connectivity index (χ4n) is 11.7. The molecule has 125 heavy (non-hydrogen) atoms. The molecule has 1 aliphatic heterocycles. The topological polar surface area (TPSA) is 476 Å². The van der Waals surface area contributed by atoms with Crippen LogP contribution in [0.5, 0.6) is 11.5 Å². The Balaban J connectivity index is 1.21. The summed E-state index contributed by atoms with van der Waals surface area (Å²) in [7, 11) is 3.25. The molecule has 1 aliphatic carbocycles. The van der Waals surface area contributed by atoms with Crippen LogP contribution in [0.25, 0.3) is 0 Å². The first-order valence-corrected chi connectivity index (χ1v) is 42.6. The van der Waals surface area contributed by atoms with Crippen molar-refractivity contribution in [3.63, 3.8) is 0 Å². The summed E-state index contributed by atoms with van der Waals surface area (Å²) in [6.07, 6.45) is -6.44. The normalized spacial score (nSPS) is 16.7. The van der Waals surface area contributed by atoms with Crippen molar-refractivity contribution in [2.75, 3.05) is 310 Å². The number of aryl methyl sites for hydroxylation is 1. The van der Waals surface area contributed by atoms with Crippen molar-refractivity contribution in [3.05, 3.63) is 65.2 Å². The van der Waals surface area contributed by atoms with Crippen LogP contribution in [0.15, 0.2) is 48.6 Å². The first-order chi connectivity index (χ1) is 60.9. The number of aliphatic carboxylic acids is 1. The summed E-state index contributed by atoms with van der Waals surface area (Å²) in [6.45, 7) is 23.2. The number of aliphatic hydroxyl groups is 3. The molecule has 0 spiro atoms. The lowest BCUT2D eigenvalue weighted by Crippen LogP contribution is -2.59. The van der Waals surface area contributed by atoms with E-state index >= 15 is 0 Å². The van der Waals surface area contributed by atoms with Crippen molar-refractivity contribution in [1.82, 2.24) is 10.6 Å². The summed E-state index contributed by atoms with van der Waals surface area (Å²) in [5.74, 6) is -8.43. The average molecular weight is 1800 g/mol. The van der Waals surface area contributed by atoms with Crippen LogP contribution in [-0.4, -0.2) is 409 Å². The molecule has 1 saturated heterocycles. The van der Waals surface area contributed by atoms with Crippen molar-refractivity contribution in [2.45, 2.75) is 96.2 Å². The van der Waals surface area contributed by atoms with Crippen LogP contribution in [-0.2, 0) is 167 Å².